The van der Waals surface area contributed by atoms with Gasteiger partial charge in [-0.2, -0.15) is 5.26 Å². The van der Waals surface area contributed by atoms with E-state index >= 15 is 0 Å². The predicted octanol–water partition coefficient (Wildman–Crippen LogP) is 2.81. The molecule has 0 aliphatic heterocycles. The highest BCUT2D eigenvalue weighted by Gasteiger charge is 2.27. The molecule has 2 N–H and O–H groups in total. The lowest BCUT2D eigenvalue weighted by Crippen LogP contribution is -2.25. The van der Waals surface area contributed by atoms with Crippen molar-refractivity contribution >= 4 is 0 Å². The van der Waals surface area contributed by atoms with Crippen molar-refractivity contribution in [1.29, 1.82) is 5.26 Å². The number of hydrogen-bond acceptors (Lipinski definition) is 4. The number of ether oxygens (including phenoxy) is 2. The van der Waals surface area contributed by atoms with Gasteiger partial charge >= 0.3 is 0 Å². The summed E-state index contributed by atoms with van der Waals surface area (Å²) >= 11 is 0. The van der Waals surface area contributed by atoms with Gasteiger partial charge in [-0.15, -0.1) is 0 Å². The van der Waals surface area contributed by atoms with Gasteiger partial charge in [0.15, 0.2) is 0 Å². The zero-order valence-electron chi connectivity index (χ0n) is 12.2. The van der Waals surface area contributed by atoms with Crippen LogP contribution in [0.2, 0.25) is 0 Å². The number of nitrogens with zero attached hydrogens (tertiary/aromatic N) is 1. The molecule has 1 aromatic carbocycles. The Labute approximate surface area is 115 Å². The molecular formula is C15H22N2O2. The summed E-state index contributed by atoms with van der Waals surface area (Å²) in [6, 6.07) is 5.64. The predicted molar refractivity (Wildman–Crippen MR) is 75.2 cm³/mol. The fraction of sp³-hybridized carbons (Fsp3) is 0.533. The lowest BCUT2D eigenvalue weighted by Gasteiger charge is -2.25. The Morgan fingerprint density at radius 2 is 1.84 bits per heavy atom. The normalized spacial score (nSPS) is 13.8. The van der Waals surface area contributed by atoms with E-state index in [9.17, 15) is 5.26 Å². The highest BCUT2D eigenvalue weighted by Crippen LogP contribution is 2.36. The first-order valence-electron chi connectivity index (χ1n) is 6.34. The van der Waals surface area contributed by atoms with Crippen LogP contribution in [0.25, 0.3) is 0 Å². The first-order valence-corrected chi connectivity index (χ1v) is 6.34. The number of methoxy groups -OCH3 is 2. The maximum absolute atomic E-state index is 9.29. The molecule has 2 atom stereocenters. The van der Waals surface area contributed by atoms with Gasteiger partial charge in [-0.25, -0.2) is 0 Å². The summed E-state index contributed by atoms with van der Waals surface area (Å²) in [5.74, 6) is 1.33. The van der Waals surface area contributed by atoms with Gasteiger partial charge in [-0.1, -0.05) is 13.8 Å². The molecule has 4 nitrogen and oxygen atoms in total. The van der Waals surface area contributed by atoms with E-state index in [-0.39, 0.29) is 17.9 Å². The molecule has 0 aliphatic rings. The third kappa shape index (κ3) is 3.18. The van der Waals surface area contributed by atoms with E-state index in [0.717, 1.165) is 16.9 Å². The summed E-state index contributed by atoms with van der Waals surface area (Å²) < 4.78 is 10.6. The fourth-order valence-corrected chi connectivity index (χ4v) is 2.27. The minimum absolute atomic E-state index is 0.186. The van der Waals surface area contributed by atoms with Crippen molar-refractivity contribution in [3.8, 4) is 17.6 Å². The third-order valence-electron chi connectivity index (χ3n) is 3.37. The van der Waals surface area contributed by atoms with Gasteiger partial charge in [0.05, 0.1) is 26.2 Å². The highest BCUT2D eigenvalue weighted by molar-refractivity contribution is 5.48. The second kappa shape index (κ2) is 6.44. The van der Waals surface area contributed by atoms with Crippen LogP contribution < -0.4 is 15.2 Å². The molecule has 0 fully saturated rings. The largest absolute Gasteiger partial charge is 0.497 e. The van der Waals surface area contributed by atoms with Crippen molar-refractivity contribution in [3.05, 3.63) is 23.3 Å². The molecule has 1 aromatic rings. The van der Waals surface area contributed by atoms with Crippen LogP contribution >= 0.6 is 0 Å². The highest BCUT2D eigenvalue weighted by atomic mass is 16.5. The van der Waals surface area contributed by atoms with E-state index in [1.165, 1.54) is 0 Å². The maximum Gasteiger partial charge on any atom is 0.127 e. The van der Waals surface area contributed by atoms with Crippen LogP contribution in [0.4, 0.5) is 0 Å². The van der Waals surface area contributed by atoms with Gasteiger partial charge < -0.3 is 15.2 Å². The zero-order chi connectivity index (χ0) is 14.6. The summed E-state index contributed by atoms with van der Waals surface area (Å²) in [5.41, 5.74) is 8.13. The van der Waals surface area contributed by atoms with Crippen molar-refractivity contribution in [3.63, 3.8) is 0 Å². The average Bonchev–Trinajstić information content (AvgIpc) is 2.37. The summed E-state index contributed by atoms with van der Waals surface area (Å²) in [7, 11) is 3.21. The quantitative estimate of drug-likeness (QED) is 0.886. The topological polar surface area (TPSA) is 68.3 Å². The van der Waals surface area contributed by atoms with E-state index in [0.29, 0.717) is 5.75 Å². The first kappa shape index (κ1) is 15.3. The third-order valence-corrected chi connectivity index (χ3v) is 3.37. The van der Waals surface area contributed by atoms with E-state index in [4.69, 9.17) is 15.2 Å². The molecule has 4 heteroatoms. The van der Waals surface area contributed by atoms with Crippen LogP contribution in [-0.4, -0.2) is 14.2 Å². The summed E-state index contributed by atoms with van der Waals surface area (Å²) in [4.78, 5) is 0. The molecule has 19 heavy (non-hydrogen) atoms. The Morgan fingerprint density at radius 3 is 2.26 bits per heavy atom. The van der Waals surface area contributed by atoms with Crippen LogP contribution in [-0.2, 0) is 0 Å². The lowest BCUT2D eigenvalue weighted by molar-refractivity contribution is 0.365. The Hall–Kier alpha value is -1.73. The number of aryl methyl sites for hydroxylation is 1. The van der Waals surface area contributed by atoms with E-state index < -0.39 is 0 Å². The zero-order valence-corrected chi connectivity index (χ0v) is 12.2. The van der Waals surface area contributed by atoms with Crippen molar-refractivity contribution in [2.45, 2.75) is 26.8 Å². The second-order valence-corrected chi connectivity index (χ2v) is 4.98. The van der Waals surface area contributed by atoms with Gasteiger partial charge in [0.2, 0.25) is 0 Å². The molecule has 0 saturated carbocycles. The monoisotopic (exact) mass is 262 g/mol. The van der Waals surface area contributed by atoms with Crippen LogP contribution in [0.5, 0.6) is 11.5 Å². The molecule has 0 aliphatic carbocycles. The van der Waals surface area contributed by atoms with Gasteiger partial charge in [0, 0.05) is 17.7 Å². The molecule has 0 aromatic heterocycles. The fourth-order valence-electron chi connectivity index (χ4n) is 2.27. The molecule has 0 heterocycles. The second-order valence-electron chi connectivity index (χ2n) is 4.98. The van der Waals surface area contributed by atoms with E-state index in [1.807, 2.05) is 26.8 Å². The lowest BCUT2D eigenvalue weighted by atomic mass is 9.84. The minimum atomic E-state index is -0.370. The Morgan fingerprint density at radius 1 is 1.21 bits per heavy atom. The molecule has 0 bridgehead atoms. The molecule has 104 valence electrons. The van der Waals surface area contributed by atoms with Crippen LogP contribution in [0.15, 0.2) is 12.1 Å². The van der Waals surface area contributed by atoms with Crippen molar-refractivity contribution in [2.75, 3.05) is 14.2 Å². The van der Waals surface area contributed by atoms with Gasteiger partial charge in [0.25, 0.3) is 0 Å². The van der Waals surface area contributed by atoms with Crippen LogP contribution in [0, 0.1) is 30.1 Å². The van der Waals surface area contributed by atoms with Crippen LogP contribution in [0.3, 0.4) is 0 Å². The molecular weight excluding hydrogens is 240 g/mol. The van der Waals surface area contributed by atoms with Gasteiger partial charge in [-0.3, -0.25) is 0 Å². The van der Waals surface area contributed by atoms with E-state index in [1.54, 1.807) is 20.3 Å². The number of benzene rings is 1. The van der Waals surface area contributed by atoms with Gasteiger partial charge in [-0.05, 0) is 24.5 Å². The van der Waals surface area contributed by atoms with Crippen LogP contribution in [0.1, 0.15) is 31.0 Å². The van der Waals surface area contributed by atoms with E-state index in [2.05, 4.69) is 6.07 Å². The van der Waals surface area contributed by atoms with Crippen molar-refractivity contribution in [2.24, 2.45) is 17.6 Å². The molecule has 0 amide bonds. The Bertz CT molecular complexity index is 478. The SMILES string of the molecule is COc1cc(C)c(C(N)C(C#N)C(C)C)c(OC)c1. The molecule has 1 rings (SSSR count). The molecule has 2 unspecified atom stereocenters. The standard InChI is InChI=1S/C15H22N2O2/c1-9(2)12(8-16)15(17)14-10(3)6-11(18-4)7-13(14)19-5/h6-7,9,12,15H,17H2,1-5H3. The summed E-state index contributed by atoms with van der Waals surface area (Å²) in [6.45, 7) is 5.95. The van der Waals surface area contributed by atoms with Crippen molar-refractivity contribution in [1.82, 2.24) is 0 Å². The molecule has 0 saturated heterocycles. The number of hydrogen-bond donors (Lipinski definition) is 1. The number of nitriles is 1. The van der Waals surface area contributed by atoms with Gasteiger partial charge in [0.1, 0.15) is 11.5 Å². The van der Waals surface area contributed by atoms with Crippen molar-refractivity contribution < 1.29 is 9.47 Å². The Kier molecular flexibility index (Phi) is 5.20. The molecule has 0 spiro atoms. The maximum atomic E-state index is 9.29. The average molecular weight is 262 g/mol. The summed E-state index contributed by atoms with van der Waals surface area (Å²) in [6.07, 6.45) is 0. The number of rotatable bonds is 5. The molecule has 0 radical (unpaired) electrons. The smallest absolute Gasteiger partial charge is 0.127 e. The number of nitrogens with two attached hydrogens (primary N) is 1. The summed E-state index contributed by atoms with van der Waals surface area (Å²) in [5, 5.41) is 9.29. The minimum Gasteiger partial charge on any atom is -0.497 e. The Balaban J connectivity index is 3.30. The first-order chi connectivity index (χ1) is 8.96.